The van der Waals surface area contributed by atoms with Crippen LogP contribution in [0.25, 0.3) is 0 Å². The van der Waals surface area contributed by atoms with E-state index in [-0.39, 0.29) is 11.3 Å². The lowest BCUT2D eigenvalue weighted by Crippen LogP contribution is -2.35. The van der Waals surface area contributed by atoms with Crippen LogP contribution in [-0.4, -0.2) is 5.91 Å². The number of carbonyl (C=O) groups excluding carboxylic acids is 1. The molecule has 0 saturated heterocycles. The van der Waals surface area contributed by atoms with E-state index in [1.54, 1.807) is 0 Å². The summed E-state index contributed by atoms with van der Waals surface area (Å²) in [6.07, 6.45) is 4.44. The van der Waals surface area contributed by atoms with Crippen molar-refractivity contribution >= 4 is 5.91 Å². The summed E-state index contributed by atoms with van der Waals surface area (Å²) in [5.41, 5.74) is 1.12. The van der Waals surface area contributed by atoms with Gasteiger partial charge in [-0.05, 0) is 30.7 Å². The Morgan fingerprint density at radius 1 is 1.33 bits per heavy atom. The summed E-state index contributed by atoms with van der Waals surface area (Å²) in [4.78, 5) is 12.3. The highest BCUT2D eigenvalue weighted by Crippen LogP contribution is 2.53. The number of benzene rings is 1. The lowest BCUT2D eigenvalue weighted by molar-refractivity contribution is -0.128. The molecule has 1 aliphatic carbocycles. The number of hydrogen-bond acceptors (Lipinski definition) is 1. The number of hydrogen-bond donors (Lipinski definition) is 1. The van der Waals surface area contributed by atoms with Gasteiger partial charge in [0.15, 0.2) is 0 Å². The molecular formula is C16H23NO. The summed E-state index contributed by atoms with van der Waals surface area (Å²) in [7, 11) is 0. The van der Waals surface area contributed by atoms with E-state index in [2.05, 4.69) is 31.3 Å². The third-order valence-corrected chi connectivity index (χ3v) is 4.20. The number of carbonyl (C=O) groups is 1. The molecule has 0 aliphatic heterocycles. The van der Waals surface area contributed by atoms with Crippen molar-refractivity contribution < 1.29 is 4.79 Å². The van der Waals surface area contributed by atoms with Crippen molar-refractivity contribution in [1.29, 1.82) is 0 Å². The van der Waals surface area contributed by atoms with Gasteiger partial charge in [0.1, 0.15) is 0 Å². The van der Waals surface area contributed by atoms with Gasteiger partial charge < -0.3 is 5.32 Å². The second-order valence-electron chi connectivity index (χ2n) is 5.51. The fourth-order valence-electron chi connectivity index (χ4n) is 2.74. The molecule has 2 heteroatoms. The highest BCUT2D eigenvalue weighted by Gasteiger charge is 2.52. The van der Waals surface area contributed by atoms with Gasteiger partial charge in [0, 0.05) is 6.54 Å². The van der Waals surface area contributed by atoms with Crippen molar-refractivity contribution in [2.45, 2.75) is 46.1 Å². The van der Waals surface area contributed by atoms with E-state index in [1.807, 2.05) is 18.2 Å². The van der Waals surface area contributed by atoms with Gasteiger partial charge in [-0.2, -0.15) is 0 Å². The first kappa shape index (κ1) is 13.1. The Balaban J connectivity index is 1.89. The molecule has 1 aromatic carbocycles. The molecule has 1 fully saturated rings. The summed E-state index contributed by atoms with van der Waals surface area (Å²) < 4.78 is 0. The van der Waals surface area contributed by atoms with Crippen LogP contribution in [-0.2, 0) is 11.3 Å². The van der Waals surface area contributed by atoms with Crippen molar-refractivity contribution in [2.75, 3.05) is 0 Å². The van der Waals surface area contributed by atoms with Gasteiger partial charge in [0.05, 0.1) is 5.41 Å². The number of rotatable bonds is 6. The van der Waals surface area contributed by atoms with Crippen LogP contribution in [0, 0.1) is 11.3 Å². The maximum Gasteiger partial charge on any atom is 0.226 e. The summed E-state index contributed by atoms with van der Waals surface area (Å²) in [5.74, 6) is 0.769. The Labute approximate surface area is 110 Å². The summed E-state index contributed by atoms with van der Waals surface area (Å²) in [6.45, 7) is 5.06. The van der Waals surface area contributed by atoms with Gasteiger partial charge in [0.2, 0.25) is 5.91 Å². The van der Waals surface area contributed by atoms with E-state index in [4.69, 9.17) is 0 Å². The standard InChI is InChI=1S/C16H23NO/c1-3-7-13(2)16(10-11-16)15(18)17-12-14-8-5-4-6-9-14/h4-6,8-9,13H,3,7,10-12H2,1-2H3,(H,17,18). The van der Waals surface area contributed by atoms with Crippen molar-refractivity contribution in [2.24, 2.45) is 11.3 Å². The lowest BCUT2D eigenvalue weighted by atomic mass is 9.86. The van der Waals surface area contributed by atoms with Gasteiger partial charge in [0.25, 0.3) is 0 Å². The molecule has 0 heterocycles. The van der Waals surface area contributed by atoms with Crippen LogP contribution in [0.5, 0.6) is 0 Å². The number of nitrogens with one attached hydrogen (secondary N) is 1. The van der Waals surface area contributed by atoms with Crippen LogP contribution in [0.3, 0.4) is 0 Å². The SMILES string of the molecule is CCCC(C)C1(C(=O)NCc2ccccc2)CC1. The number of amides is 1. The molecule has 0 bridgehead atoms. The quantitative estimate of drug-likeness (QED) is 0.816. The fraction of sp³-hybridized carbons (Fsp3) is 0.562. The maximum atomic E-state index is 12.3. The molecule has 2 rings (SSSR count). The largest absolute Gasteiger partial charge is 0.352 e. The Bertz CT molecular complexity index is 395. The average Bonchev–Trinajstić information content (AvgIpc) is 3.19. The van der Waals surface area contributed by atoms with Crippen LogP contribution in [0.4, 0.5) is 0 Å². The Morgan fingerprint density at radius 3 is 2.56 bits per heavy atom. The molecule has 0 radical (unpaired) electrons. The van der Waals surface area contributed by atoms with Crippen LogP contribution < -0.4 is 5.32 Å². The fourth-order valence-corrected chi connectivity index (χ4v) is 2.74. The van der Waals surface area contributed by atoms with E-state index in [9.17, 15) is 4.79 Å². The highest BCUT2D eigenvalue weighted by atomic mass is 16.2. The molecule has 2 nitrogen and oxygen atoms in total. The minimum atomic E-state index is -0.0508. The third kappa shape index (κ3) is 2.74. The molecule has 1 aromatic rings. The van der Waals surface area contributed by atoms with E-state index < -0.39 is 0 Å². The summed E-state index contributed by atoms with van der Waals surface area (Å²) in [5, 5.41) is 3.10. The zero-order valence-corrected chi connectivity index (χ0v) is 11.4. The Hall–Kier alpha value is -1.31. The molecule has 1 saturated carbocycles. The molecule has 1 unspecified atom stereocenters. The van der Waals surface area contributed by atoms with Crippen LogP contribution in [0.2, 0.25) is 0 Å². The summed E-state index contributed by atoms with van der Waals surface area (Å²) >= 11 is 0. The van der Waals surface area contributed by atoms with Gasteiger partial charge >= 0.3 is 0 Å². The Morgan fingerprint density at radius 2 is 2.00 bits per heavy atom. The molecule has 1 aliphatic rings. The topological polar surface area (TPSA) is 29.1 Å². The Kier molecular flexibility index (Phi) is 4.05. The van der Waals surface area contributed by atoms with Crippen LogP contribution in [0.15, 0.2) is 30.3 Å². The monoisotopic (exact) mass is 245 g/mol. The first-order valence-corrected chi connectivity index (χ1v) is 7.01. The van der Waals surface area contributed by atoms with Gasteiger partial charge in [-0.3, -0.25) is 4.79 Å². The molecule has 1 amide bonds. The van der Waals surface area contributed by atoms with E-state index >= 15 is 0 Å². The van der Waals surface area contributed by atoms with Gasteiger partial charge in [-0.25, -0.2) is 0 Å². The van der Waals surface area contributed by atoms with Crippen molar-refractivity contribution in [3.63, 3.8) is 0 Å². The first-order chi connectivity index (χ1) is 8.69. The second-order valence-corrected chi connectivity index (χ2v) is 5.51. The predicted molar refractivity (Wildman–Crippen MR) is 74.0 cm³/mol. The highest BCUT2D eigenvalue weighted by molar-refractivity contribution is 5.85. The van der Waals surface area contributed by atoms with Crippen molar-refractivity contribution in [1.82, 2.24) is 5.32 Å². The van der Waals surface area contributed by atoms with Crippen LogP contribution in [0.1, 0.15) is 45.1 Å². The maximum absolute atomic E-state index is 12.3. The van der Waals surface area contributed by atoms with Crippen molar-refractivity contribution in [3.8, 4) is 0 Å². The van der Waals surface area contributed by atoms with Gasteiger partial charge in [-0.15, -0.1) is 0 Å². The normalized spacial score (nSPS) is 18.1. The molecule has 1 N–H and O–H groups in total. The molecule has 0 aromatic heterocycles. The first-order valence-electron chi connectivity index (χ1n) is 7.01. The van der Waals surface area contributed by atoms with E-state index in [0.717, 1.165) is 25.7 Å². The predicted octanol–water partition coefficient (Wildman–Crippen LogP) is 3.52. The molecular weight excluding hydrogens is 222 g/mol. The van der Waals surface area contributed by atoms with Crippen molar-refractivity contribution in [3.05, 3.63) is 35.9 Å². The zero-order valence-electron chi connectivity index (χ0n) is 11.4. The van der Waals surface area contributed by atoms with Crippen LogP contribution >= 0.6 is 0 Å². The van der Waals surface area contributed by atoms with E-state index in [0.29, 0.717) is 12.5 Å². The second kappa shape index (κ2) is 5.55. The molecule has 98 valence electrons. The molecule has 0 spiro atoms. The zero-order chi connectivity index (χ0) is 13.0. The van der Waals surface area contributed by atoms with Gasteiger partial charge in [-0.1, -0.05) is 50.6 Å². The summed E-state index contributed by atoms with van der Waals surface area (Å²) in [6, 6.07) is 10.1. The van der Waals surface area contributed by atoms with E-state index in [1.165, 1.54) is 5.56 Å². The minimum Gasteiger partial charge on any atom is -0.352 e. The minimum absolute atomic E-state index is 0.0508. The molecule has 1 atom stereocenters. The average molecular weight is 245 g/mol. The molecule has 18 heavy (non-hydrogen) atoms. The smallest absolute Gasteiger partial charge is 0.226 e. The lowest BCUT2D eigenvalue weighted by Gasteiger charge is -2.22. The third-order valence-electron chi connectivity index (χ3n) is 4.20.